The number of fused-ring (bicyclic) bond motifs is 3. The van der Waals surface area contributed by atoms with Crippen LogP contribution in [0.15, 0.2) is 57.4 Å². The minimum Gasteiger partial charge on any atom is -0.461 e. The topological polar surface area (TPSA) is 26.3 Å². The van der Waals surface area contributed by atoms with Gasteiger partial charge in [0.2, 0.25) is 0 Å². The van der Waals surface area contributed by atoms with Crippen LogP contribution in [0, 0.1) is 27.7 Å². The summed E-state index contributed by atoms with van der Waals surface area (Å²) in [5, 5.41) is 0. The lowest BCUT2D eigenvalue weighted by Crippen LogP contribution is -1.91. The summed E-state index contributed by atoms with van der Waals surface area (Å²) in [5.74, 6) is 3.77. The van der Waals surface area contributed by atoms with Gasteiger partial charge in [0.15, 0.2) is 0 Å². The predicted molar refractivity (Wildman–Crippen MR) is 109 cm³/mol. The van der Waals surface area contributed by atoms with Gasteiger partial charge in [-0.05, 0) is 85.7 Å². The van der Waals surface area contributed by atoms with Gasteiger partial charge in [0, 0.05) is 11.1 Å². The maximum Gasteiger partial charge on any atom is 0.135 e. The maximum absolute atomic E-state index is 6.18. The van der Waals surface area contributed by atoms with E-state index in [0.29, 0.717) is 0 Å². The molecule has 0 amide bonds. The second kappa shape index (κ2) is 5.75. The zero-order valence-electron chi connectivity index (χ0n) is 16.1. The molecule has 0 fully saturated rings. The summed E-state index contributed by atoms with van der Waals surface area (Å²) in [7, 11) is 0. The Kier molecular flexibility index (Phi) is 3.45. The van der Waals surface area contributed by atoms with Crippen molar-refractivity contribution in [2.45, 2.75) is 34.1 Å². The maximum atomic E-state index is 6.18. The zero-order valence-corrected chi connectivity index (χ0v) is 16.1. The molecule has 0 saturated heterocycles. The number of aryl methyl sites for hydroxylation is 4. The monoisotopic (exact) mass is 354 g/mol. The van der Waals surface area contributed by atoms with Gasteiger partial charge >= 0.3 is 0 Å². The van der Waals surface area contributed by atoms with Gasteiger partial charge in [-0.25, -0.2) is 0 Å². The van der Waals surface area contributed by atoms with E-state index in [1.807, 2.05) is 13.8 Å². The van der Waals surface area contributed by atoms with Crippen LogP contribution in [-0.2, 0) is 6.42 Å². The van der Waals surface area contributed by atoms with Crippen molar-refractivity contribution in [3.63, 3.8) is 0 Å². The lowest BCUT2D eigenvalue weighted by atomic mass is 9.93. The molecular weight excluding hydrogens is 332 g/mol. The minimum absolute atomic E-state index is 0.908. The molecule has 0 bridgehead atoms. The second-order valence-electron chi connectivity index (χ2n) is 7.55. The molecule has 0 saturated carbocycles. The first kappa shape index (κ1) is 16.2. The van der Waals surface area contributed by atoms with E-state index in [4.69, 9.17) is 8.83 Å². The van der Waals surface area contributed by atoms with Gasteiger partial charge < -0.3 is 8.83 Å². The Balaban J connectivity index is 1.81. The van der Waals surface area contributed by atoms with Crippen molar-refractivity contribution in [2.24, 2.45) is 0 Å². The molecular formula is C25H22O2. The summed E-state index contributed by atoms with van der Waals surface area (Å²) in [4.78, 5) is 0. The highest BCUT2D eigenvalue weighted by Crippen LogP contribution is 2.47. The largest absolute Gasteiger partial charge is 0.461 e. The number of hydrogen-bond donors (Lipinski definition) is 0. The molecule has 0 radical (unpaired) electrons. The van der Waals surface area contributed by atoms with Crippen LogP contribution < -0.4 is 0 Å². The van der Waals surface area contributed by atoms with Crippen LogP contribution in [-0.4, -0.2) is 0 Å². The van der Waals surface area contributed by atoms with E-state index in [2.05, 4.69) is 62.4 Å². The number of benzene rings is 2. The highest BCUT2D eigenvalue weighted by Gasteiger charge is 2.27. The summed E-state index contributed by atoms with van der Waals surface area (Å²) < 4.78 is 12.3. The van der Waals surface area contributed by atoms with Crippen LogP contribution in [0.3, 0.4) is 0 Å². The summed E-state index contributed by atoms with van der Waals surface area (Å²) in [6.07, 6.45) is 0.923. The summed E-state index contributed by atoms with van der Waals surface area (Å²) >= 11 is 0. The number of rotatable bonds is 2. The van der Waals surface area contributed by atoms with Crippen LogP contribution in [0.2, 0.25) is 0 Å². The Morgan fingerprint density at radius 1 is 0.667 bits per heavy atom. The molecule has 2 heterocycles. The molecule has 0 N–H and O–H groups in total. The molecule has 27 heavy (non-hydrogen) atoms. The first-order valence-corrected chi connectivity index (χ1v) is 9.42. The van der Waals surface area contributed by atoms with Crippen molar-refractivity contribution in [3.8, 4) is 33.8 Å². The molecule has 1 aliphatic rings. The van der Waals surface area contributed by atoms with Crippen molar-refractivity contribution in [2.75, 3.05) is 0 Å². The third kappa shape index (κ3) is 2.40. The molecule has 2 aromatic heterocycles. The molecule has 0 atom stereocenters. The third-order valence-corrected chi connectivity index (χ3v) is 5.83. The average Bonchev–Trinajstić information content (AvgIpc) is 3.30. The minimum atomic E-state index is 0.908. The fourth-order valence-electron chi connectivity index (χ4n) is 4.10. The molecule has 1 aliphatic carbocycles. The first-order valence-electron chi connectivity index (χ1n) is 9.42. The molecule has 0 aliphatic heterocycles. The van der Waals surface area contributed by atoms with Gasteiger partial charge in [-0.3, -0.25) is 0 Å². The molecule has 0 unspecified atom stereocenters. The Morgan fingerprint density at radius 3 is 1.96 bits per heavy atom. The Labute approximate surface area is 159 Å². The highest BCUT2D eigenvalue weighted by molar-refractivity contribution is 5.91. The zero-order chi connectivity index (χ0) is 18.7. The van der Waals surface area contributed by atoms with Crippen molar-refractivity contribution in [3.05, 3.63) is 82.3 Å². The molecule has 2 aromatic carbocycles. The van der Waals surface area contributed by atoms with Crippen molar-refractivity contribution in [1.29, 1.82) is 0 Å². The SMILES string of the molecule is Cc1cc(-c2ccc3c(c2-c2cc(C)c(C)o2)Cc2ccccc2-3)oc1C. The van der Waals surface area contributed by atoms with Gasteiger partial charge in [0.1, 0.15) is 23.0 Å². The van der Waals surface area contributed by atoms with E-state index >= 15 is 0 Å². The molecule has 2 nitrogen and oxygen atoms in total. The second-order valence-corrected chi connectivity index (χ2v) is 7.55. The van der Waals surface area contributed by atoms with E-state index in [1.54, 1.807) is 0 Å². The van der Waals surface area contributed by atoms with E-state index < -0.39 is 0 Å². The molecule has 4 aromatic rings. The van der Waals surface area contributed by atoms with E-state index in [9.17, 15) is 0 Å². The van der Waals surface area contributed by atoms with Gasteiger partial charge in [-0.15, -0.1) is 0 Å². The van der Waals surface area contributed by atoms with Gasteiger partial charge in [0.25, 0.3) is 0 Å². The molecule has 5 rings (SSSR count). The predicted octanol–water partition coefficient (Wildman–Crippen LogP) is 7.01. The fourth-order valence-corrected chi connectivity index (χ4v) is 4.10. The standard InChI is InChI=1S/C25H22O2/c1-14-11-23(26-16(14)3)21-10-9-20-19-8-6-5-7-18(19)13-22(20)25(21)24-12-15(2)17(4)27-24/h5-12H,13H2,1-4H3. The van der Waals surface area contributed by atoms with Crippen molar-refractivity contribution >= 4 is 0 Å². The average molecular weight is 354 g/mol. The number of hydrogen-bond acceptors (Lipinski definition) is 2. The van der Waals surface area contributed by atoms with Gasteiger partial charge in [0.05, 0.1) is 0 Å². The lowest BCUT2D eigenvalue weighted by molar-refractivity contribution is 0.539. The van der Waals surface area contributed by atoms with E-state index in [1.165, 1.54) is 33.4 Å². The van der Waals surface area contributed by atoms with Crippen LogP contribution in [0.25, 0.3) is 33.8 Å². The third-order valence-electron chi connectivity index (χ3n) is 5.83. The summed E-state index contributed by atoms with van der Waals surface area (Å²) in [6.45, 7) is 8.23. The smallest absolute Gasteiger partial charge is 0.135 e. The van der Waals surface area contributed by atoms with Gasteiger partial charge in [-0.2, -0.15) is 0 Å². The Hall–Kier alpha value is -3.00. The van der Waals surface area contributed by atoms with Crippen LogP contribution in [0.5, 0.6) is 0 Å². The van der Waals surface area contributed by atoms with Crippen LogP contribution >= 0.6 is 0 Å². The van der Waals surface area contributed by atoms with E-state index in [-0.39, 0.29) is 0 Å². The Bertz CT molecular complexity index is 1150. The quantitative estimate of drug-likeness (QED) is 0.341. The molecule has 0 spiro atoms. The first-order chi connectivity index (χ1) is 13.0. The highest BCUT2D eigenvalue weighted by atomic mass is 16.3. The van der Waals surface area contributed by atoms with Crippen LogP contribution in [0.4, 0.5) is 0 Å². The summed E-state index contributed by atoms with van der Waals surface area (Å²) in [5.41, 5.74) is 9.94. The number of furan rings is 2. The van der Waals surface area contributed by atoms with Crippen molar-refractivity contribution in [1.82, 2.24) is 0 Å². The van der Waals surface area contributed by atoms with Gasteiger partial charge in [-0.1, -0.05) is 30.3 Å². The molecule has 134 valence electrons. The van der Waals surface area contributed by atoms with E-state index in [0.717, 1.165) is 40.6 Å². The fraction of sp³-hybridized carbons (Fsp3) is 0.200. The summed E-state index contributed by atoms with van der Waals surface area (Å²) in [6, 6.07) is 17.4. The molecule has 2 heteroatoms. The Morgan fingerprint density at radius 2 is 1.30 bits per heavy atom. The normalized spacial score (nSPS) is 12.3. The lowest BCUT2D eigenvalue weighted by Gasteiger charge is -2.12. The van der Waals surface area contributed by atoms with Crippen LogP contribution in [0.1, 0.15) is 33.8 Å². The van der Waals surface area contributed by atoms with Crippen molar-refractivity contribution < 1.29 is 8.83 Å².